The first-order valence-electron chi connectivity index (χ1n) is 10.2. The van der Waals surface area contributed by atoms with Crippen LogP contribution < -0.4 is 5.32 Å². The first-order valence-corrected chi connectivity index (χ1v) is 11.0. The molecule has 0 atom stereocenters. The number of nitrogens with zero attached hydrogens (tertiary/aromatic N) is 2. The fourth-order valence-corrected chi connectivity index (χ4v) is 4.38. The third-order valence-electron chi connectivity index (χ3n) is 5.06. The van der Waals surface area contributed by atoms with E-state index >= 15 is 0 Å². The van der Waals surface area contributed by atoms with E-state index in [0.717, 1.165) is 44.4 Å². The van der Waals surface area contributed by atoms with E-state index < -0.39 is 0 Å². The van der Waals surface area contributed by atoms with Crippen LogP contribution in [0.2, 0.25) is 0 Å². The molecule has 5 heteroatoms. The number of aryl methyl sites for hydroxylation is 1. The topological polar surface area (TPSA) is 54.4 Å². The molecule has 0 aliphatic carbocycles. The second kappa shape index (κ2) is 8.84. The highest BCUT2D eigenvalue weighted by molar-refractivity contribution is 7.99. The normalized spacial score (nSPS) is 12.6. The number of benzene rings is 2. The van der Waals surface area contributed by atoms with Crippen LogP contribution in [-0.4, -0.2) is 23.1 Å². The summed E-state index contributed by atoms with van der Waals surface area (Å²) in [6.45, 7) is 7.03. The van der Waals surface area contributed by atoms with Gasteiger partial charge in [0.05, 0.1) is 17.1 Å². The van der Waals surface area contributed by atoms with Gasteiger partial charge in [-0.2, -0.15) is 0 Å². The zero-order valence-electron chi connectivity index (χ0n) is 17.5. The van der Waals surface area contributed by atoms with Crippen molar-refractivity contribution in [1.29, 1.82) is 0 Å². The summed E-state index contributed by atoms with van der Waals surface area (Å²) in [5, 5.41) is 3.02. The molecule has 0 saturated carbocycles. The molecule has 2 heterocycles. The molecule has 2 aromatic carbocycles. The number of hydrogen-bond acceptors (Lipinski definition) is 4. The summed E-state index contributed by atoms with van der Waals surface area (Å²) < 4.78 is 0. The molecular weight excluding hydrogens is 390 g/mol. The number of amides is 1. The van der Waals surface area contributed by atoms with E-state index in [9.17, 15) is 4.79 Å². The van der Waals surface area contributed by atoms with E-state index in [2.05, 4.69) is 36.3 Å². The Bertz CT molecular complexity index is 1120. The van der Waals surface area contributed by atoms with Crippen molar-refractivity contribution in [2.45, 2.75) is 37.0 Å². The summed E-state index contributed by atoms with van der Waals surface area (Å²) in [5.74, 6) is 0.497. The van der Waals surface area contributed by atoms with Crippen molar-refractivity contribution >= 4 is 29.1 Å². The van der Waals surface area contributed by atoms with Gasteiger partial charge in [-0.3, -0.25) is 9.78 Å². The molecule has 1 amide bonds. The van der Waals surface area contributed by atoms with E-state index in [0.29, 0.717) is 18.0 Å². The highest BCUT2D eigenvalue weighted by Gasteiger charge is 2.21. The second-order valence-electron chi connectivity index (χ2n) is 7.85. The zero-order valence-corrected chi connectivity index (χ0v) is 18.3. The van der Waals surface area contributed by atoms with Gasteiger partial charge in [-0.25, -0.2) is 4.99 Å². The van der Waals surface area contributed by atoms with Crippen molar-refractivity contribution in [3.05, 3.63) is 83.2 Å². The summed E-state index contributed by atoms with van der Waals surface area (Å²) >= 11 is 1.68. The van der Waals surface area contributed by atoms with Gasteiger partial charge in [0.1, 0.15) is 0 Å². The maximum absolute atomic E-state index is 12.6. The Labute approximate surface area is 181 Å². The molecule has 0 saturated heterocycles. The largest absolute Gasteiger partial charge is 0.352 e. The van der Waals surface area contributed by atoms with E-state index in [1.807, 2.05) is 49.4 Å². The number of fused-ring (bicyclic) bond motifs is 2. The van der Waals surface area contributed by atoms with Crippen molar-refractivity contribution in [3.8, 4) is 0 Å². The Balaban J connectivity index is 1.76. The van der Waals surface area contributed by atoms with Gasteiger partial charge < -0.3 is 5.32 Å². The first kappa shape index (κ1) is 20.4. The quantitative estimate of drug-likeness (QED) is 0.448. The summed E-state index contributed by atoms with van der Waals surface area (Å²) in [6.07, 6.45) is 2.76. The number of rotatable bonds is 5. The minimum absolute atomic E-state index is 0.0593. The predicted octanol–water partition coefficient (Wildman–Crippen LogP) is 5.80. The third-order valence-corrected chi connectivity index (χ3v) is 6.20. The Morgan fingerprint density at radius 1 is 1.07 bits per heavy atom. The zero-order chi connectivity index (χ0) is 21.1. The van der Waals surface area contributed by atoms with Crippen LogP contribution in [0.5, 0.6) is 0 Å². The van der Waals surface area contributed by atoms with Crippen molar-refractivity contribution in [2.75, 3.05) is 6.54 Å². The van der Waals surface area contributed by atoms with Gasteiger partial charge in [-0.15, -0.1) is 0 Å². The molecule has 4 nitrogen and oxygen atoms in total. The lowest BCUT2D eigenvalue weighted by atomic mass is 10.0. The summed E-state index contributed by atoms with van der Waals surface area (Å²) in [7, 11) is 0. The highest BCUT2D eigenvalue weighted by atomic mass is 32.2. The Kier molecular flexibility index (Phi) is 6.00. The van der Waals surface area contributed by atoms with Gasteiger partial charge in [0.25, 0.3) is 5.91 Å². The van der Waals surface area contributed by atoms with Gasteiger partial charge in [0, 0.05) is 33.7 Å². The first-order chi connectivity index (χ1) is 14.5. The molecule has 4 rings (SSSR count). The van der Waals surface area contributed by atoms with Crippen LogP contribution in [-0.2, 0) is 0 Å². The summed E-state index contributed by atoms with van der Waals surface area (Å²) in [5.41, 5.74) is 5.26. The number of hydrogen-bond donors (Lipinski definition) is 1. The molecule has 1 aromatic heterocycles. The lowest BCUT2D eigenvalue weighted by Gasteiger charge is -2.10. The van der Waals surface area contributed by atoms with E-state index in [-0.39, 0.29) is 5.91 Å². The lowest BCUT2D eigenvalue weighted by Crippen LogP contribution is -2.25. The van der Waals surface area contributed by atoms with Crippen molar-refractivity contribution in [3.63, 3.8) is 0 Å². The molecule has 0 radical (unpaired) electrons. The van der Waals surface area contributed by atoms with Crippen molar-refractivity contribution < 1.29 is 4.79 Å². The molecule has 0 fully saturated rings. The van der Waals surface area contributed by atoms with Gasteiger partial charge in [-0.1, -0.05) is 49.9 Å². The van der Waals surface area contributed by atoms with Crippen LogP contribution >= 0.6 is 11.8 Å². The van der Waals surface area contributed by atoms with Crippen LogP contribution in [0.1, 0.15) is 47.4 Å². The fraction of sp³-hybridized carbons (Fsp3) is 0.240. The molecule has 0 unspecified atom stereocenters. The Hall–Kier alpha value is -2.92. The van der Waals surface area contributed by atoms with Crippen LogP contribution in [0.4, 0.5) is 5.69 Å². The van der Waals surface area contributed by atoms with E-state index in [4.69, 9.17) is 4.99 Å². The minimum atomic E-state index is -0.0593. The van der Waals surface area contributed by atoms with Gasteiger partial charge >= 0.3 is 0 Å². The Morgan fingerprint density at radius 2 is 1.90 bits per heavy atom. The molecule has 1 aliphatic rings. The summed E-state index contributed by atoms with van der Waals surface area (Å²) in [4.78, 5) is 24.4. The van der Waals surface area contributed by atoms with Crippen molar-refractivity contribution in [1.82, 2.24) is 10.3 Å². The lowest BCUT2D eigenvalue weighted by molar-refractivity contribution is 0.0952. The number of nitrogens with one attached hydrogen (secondary N) is 1. The monoisotopic (exact) mass is 415 g/mol. The fourth-order valence-electron chi connectivity index (χ4n) is 3.37. The number of aliphatic imine (C=N–C) groups is 1. The highest BCUT2D eigenvalue weighted by Crippen LogP contribution is 2.41. The molecule has 0 spiro atoms. The summed E-state index contributed by atoms with van der Waals surface area (Å²) in [6, 6.07) is 18.0. The van der Waals surface area contributed by atoms with Gasteiger partial charge in [0.2, 0.25) is 0 Å². The second-order valence-corrected chi connectivity index (χ2v) is 8.93. The molecule has 1 N–H and O–H groups in total. The molecular formula is C25H25N3OS. The van der Waals surface area contributed by atoms with E-state index in [1.54, 1.807) is 18.0 Å². The molecule has 1 aliphatic heterocycles. The number of pyridine rings is 1. The van der Waals surface area contributed by atoms with Crippen LogP contribution in [0, 0.1) is 12.8 Å². The molecule has 0 bridgehead atoms. The average Bonchev–Trinajstić information content (AvgIpc) is 2.90. The number of carbonyl (C=O) groups is 1. The molecule has 152 valence electrons. The number of carbonyl (C=O) groups excluding carboxylic acids is 1. The van der Waals surface area contributed by atoms with Crippen LogP contribution in [0.25, 0.3) is 0 Å². The smallest absolute Gasteiger partial charge is 0.251 e. The minimum Gasteiger partial charge on any atom is -0.352 e. The molecule has 3 aromatic rings. The maximum Gasteiger partial charge on any atom is 0.251 e. The predicted molar refractivity (Wildman–Crippen MR) is 123 cm³/mol. The maximum atomic E-state index is 12.6. The van der Waals surface area contributed by atoms with Gasteiger partial charge in [0.15, 0.2) is 0 Å². The molecule has 30 heavy (non-hydrogen) atoms. The Morgan fingerprint density at radius 3 is 2.70 bits per heavy atom. The third kappa shape index (κ3) is 4.31. The van der Waals surface area contributed by atoms with E-state index in [1.165, 1.54) is 0 Å². The van der Waals surface area contributed by atoms with Crippen LogP contribution in [0.15, 0.2) is 75.6 Å². The number of aromatic nitrogens is 1. The standard InChI is InChI=1S/C25H25N3OS/c1-16(2)12-14-27-25(29)18-10-11-22-20(15-18)28-24(23-17(3)7-6-13-26-23)19-8-4-5-9-21(19)30-22/h4-11,13,15-16H,12,14H2,1-3H3,(H,27,29). The van der Waals surface area contributed by atoms with Crippen molar-refractivity contribution in [2.24, 2.45) is 10.9 Å². The SMILES string of the molecule is Cc1cccnc1C1=Nc2cc(C(=O)NCCC(C)C)ccc2Sc2ccccc21. The van der Waals surface area contributed by atoms with Crippen LogP contribution in [0.3, 0.4) is 0 Å². The van der Waals surface area contributed by atoms with Gasteiger partial charge in [-0.05, 0) is 55.2 Å². The average molecular weight is 416 g/mol.